The molecule has 0 saturated heterocycles. The van der Waals surface area contributed by atoms with Crippen molar-refractivity contribution < 1.29 is 0 Å². The van der Waals surface area contributed by atoms with Crippen LogP contribution in [0.1, 0.15) is 18.4 Å². The van der Waals surface area contributed by atoms with Crippen LogP contribution in [-0.2, 0) is 7.05 Å². The Morgan fingerprint density at radius 3 is 2.84 bits per heavy atom. The highest BCUT2D eigenvalue weighted by molar-refractivity contribution is 7.13. The molecule has 0 atom stereocenters. The van der Waals surface area contributed by atoms with Gasteiger partial charge in [-0.2, -0.15) is 5.10 Å². The standard InChI is InChI=1S/C24H22N6S/c1-14(21-13-26-16(3)30(21)4)7-8-18-15(2)23(29-28-18)20-12-17-19(27-20)9-10-25-24(17)22-6-5-11-31-22/h5-13,27-28H,2H2,1,3-4H3/b14-7+,18-8+. The Morgan fingerprint density at radius 2 is 2.10 bits per heavy atom. The fraction of sp³-hybridized carbons (Fsp3) is 0.125. The maximum absolute atomic E-state index is 4.60. The molecule has 31 heavy (non-hydrogen) atoms. The molecule has 2 N–H and O–H groups in total. The molecule has 0 saturated carbocycles. The molecule has 0 aliphatic carbocycles. The predicted octanol–water partition coefficient (Wildman–Crippen LogP) is 4.02. The van der Waals surface area contributed by atoms with E-state index in [1.807, 2.05) is 44.6 Å². The average molecular weight is 427 g/mol. The number of thiophene rings is 1. The Labute approximate surface area is 183 Å². The Balaban J connectivity index is 1.55. The zero-order chi connectivity index (χ0) is 21.5. The van der Waals surface area contributed by atoms with Crippen molar-refractivity contribution in [1.82, 2.24) is 29.7 Å². The van der Waals surface area contributed by atoms with Crippen LogP contribution in [0.2, 0.25) is 0 Å². The SMILES string of the molecule is C=c1c(-c2cc3c(-c4cccs4)nccc3[nH]2)n[nH]/c1=C/C=C(\C)c1cnc(C)n1C. The number of rotatable bonds is 4. The van der Waals surface area contributed by atoms with Crippen LogP contribution in [0.15, 0.2) is 48.1 Å². The van der Waals surface area contributed by atoms with Gasteiger partial charge in [0, 0.05) is 29.4 Å². The summed E-state index contributed by atoms with van der Waals surface area (Å²) in [4.78, 5) is 13.6. The first-order chi connectivity index (χ1) is 15.0. The topological polar surface area (TPSA) is 75.2 Å². The summed E-state index contributed by atoms with van der Waals surface area (Å²) in [5.41, 5.74) is 5.95. The van der Waals surface area contributed by atoms with E-state index in [0.29, 0.717) is 0 Å². The van der Waals surface area contributed by atoms with Gasteiger partial charge >= 0.3 is 0 Å². The fourth-order valence-electron chi connectivity index (χ4n) is 3.69. The maximum atomic E-state index is 4.60. The molecule has 0 aliphatic rings. The highest BCUT2D eigenvalue weighted by Crippen LogP contribution is 2.31. The van der Waals surface area contributed by atoms with Gasteiger partial charge in [0.2, 0.25) is 0 Å². The predicted molar refractivity (Wildman–Crippen MR) is 128 cm³/mol. The molecule has 0 radical (unpaired) electrons. The van der Waals surface area contributed by atoms with Gasteiger partial charge in [0.1, 0.15) is 11.5 Å². The number of nitrogens with one attached hydrogen (secondary N) is 2. The molecule has 5 rings (SSSR count). The van der Waals surface area contributed by atoms with E-state index in [2.05, 4.69) is 66.8 Å². The van der Waals surface area contributed by atoms with Gasteiger partial charge in [-0.15, -0.1) is 11.3 Å². The van der Waals surface area contributed by atoms with Crippen LogP contribution < -0.4 is 10.6 Å². The molecular weight excluding hydrogens is 404 g/mol. The Kier molecular flexibility index (Phi) is 4.67. The largest absolute Gasteiger partial charge is 0.353 e. The quantitative estimate of drug-likeness (QED) is 0.456. The molecule has 0 bridgehead atoms. The minimum atomic E-state index is 0.807. The van der Waals surface area contributed by atoms with Crippen LogP contribution in [0, 0.1) is 6.92 Å². The van der Waals surface area contributed by atoms with Gasteiger partial charge in [-0.05, 0) is 49.1 Å². The summed E-state index contributed by atoms with van der Waals surface area (Å²) in [6.07, 6.45) is 7.80. The van der Waals surface area contributed by atoms with Crippen LogP contribution in [0.25, 0.3) is 51.1 Å². The van der Waals surface area contributed by atoms with E-state index in [4.69, 9.17) is 0 Å². The second kappa shape index (κ2) is 7.52. The number of hydrogen-bond donors (Lipinski definition) is 2. The van der Waals surface area contributed by atoms with E-state index in [9.17, 15) is 0 Å². The number of pyridine rings is 1. The van der Waals surface area contributed by atoms with Crippen LogP contribution >= 0.6 is 11.3 Å². The molecular formula is C24H22N6S. The number of nitrogens with zero attached hydrogens (tertiary/aromatic N) is 4. The molecule has 0 spiro atoms. The smallest absolute Gasteiger partial charge is 0.116 e. The monoisotopic (exact) mass is 426 g/mol. The van der Waals surface area contributed by atoms with E-state index in [1.54, 1.807) is 11.3 Å². The molecule has 0 aliphatic heterocycles. The number of hydrogen-bond acceptors (Lipinski definition) is 4. The van der Waals surface area contributed by atoms with E-state index in [0.717, 1.165) is 60.5 Å². The lowest BCUT2D eigenvalue weighted by atomic mass is 10.2. The van der Waals surface area contributed by atoms with Crippen molar-refractivity contribution in [3.05, 3.63) is 70.2 Å². The summed E-state index contributed by atoms with van der Waals surface area (Å²) < 4.78 is 2.08. The minimum Gasteiger partial charge on any atom is -0.353 e. The third-order valence-corrected chi connectivity index (χ3v) is 6.46. The summed E-state index contributed by atoms with van der Waals surface area (Å²) in [5.74, 6) is 0.986. The first kappa shape index (κ1) is 19.3. The number of aromatic nitrogens is 6. The van der Waals surface area contributed by atoms with E-state index in [1.165, 1.54) is 0 Å². The summed E-state index contributed by atoms with van der Waals surface area (Å²) in [5, 5.41) is 12.5. The molecule has 7 heteroatoms. The summed E-state index contributed by atoms with van der Waals surface area (Å²) in [7, 11) is 2.02. The zero-order valence-electron chi connectivity index (χ0n) is 17.6. The van der Waals surface area contributed by atoms with Crippen molar-refractivity contribution in [3.8, 4) is 22.0 Å². The first-order valence-electron chi connectivity index (χ1n) is 9.95. The normalized spacial score (nSPS) is 12.9. The van der Waals surface area contributed by atoms with Crippen LogP contribution in [0.5, 0.6) is 0 Å². The van der Waals surface area contributed by atoms with E-state index >= 15 is 0 Å². The average Bonchev–Trinajstić information content (AvgIpc) is 3.54. The second-order valence-electron chi connectivity index (χ2n) is 7.51. The van der Waals surface area contributed by atoms with Crippen molar-refractivity contribution in [2.45, 2.75) is 13.8 Å². The number of fused-ring (bicyclic) bond motifs is 1. The van der Waals surface area contributed by atoms with E-state index in [-0.39, 0.29) is 0 Å². The fourth-order valence-corrected chi connectivity index (χ4v) is 4.43. The Morgan fingerprint density at radius 1 is 1.23 bits per heavy atom. The summed E-state index contributed by atoms with van der Waals surface area (Å²) in [6, 6.07) is 8.22. The van der Waals surface area contributed by atoms with Gasteiger partial charge in [0.25, 0.3) is 0 Å². The lowest BCUT2D eigenvalue weighted by Gasteiger charge is -2.02. The molecule has 0 aromatic carbocycles. The number of imidazole rings is 1. The highest BCUT2D eigenvalue weighted by Gasteiger charge is 2.12. The third-order valence-electron chi connectivity index (χ3n) is 5.58. The maximum Gasteiger partial charge on any atom is 0.116 e. The number of aromatic amines is 2. The minimum absolute atomic E-state index is 0.807. The Hall–Kier alpha value is -3.71. The number of H-pyrrole nitrogens is 2. The third kappa shape index (κ3) is 3.33. The molecule has 5 aromatic heterocycles. The number of aryl methyl sites for hydroxylation is 1. The van der Waals surface area contributed by atoms with Gasteiger partial charge in [-0.1, -0.05) is 18.7 Å². The molecule has 5 heterocycles. The summed E-state index contributed by atoms with van der Waals surface area (Å²) in [6.45, 7) is 8.34. The lowest BCUT2D eigenvalue weighted by Crippen LogP contribution is -2.21. The van der Waals surface area contributed by atoms with Gasteiger partial charge in [-0.3, -0.25) is 10.1 Å². The van der Waals surface area contributed by atoms with Crippen molar-refractivity contribution in [3.63, 3.8) is 0 Å². The van der Waals surface area contributed by atoms with Gasteiger partial charge < -0.3 is 9.55 Å². The van der Waals surface area contributed by atoms with E-state index < -0.39 is 0 Å². The zero-order valence-corrected chi connectivity index (χ0v) is 18.4. The lowest BCUT2D eigenvalue weighted by molar-refractivity contribution is 0.845. The molecule has 0 fully saturated rings. The summed E-state index contributed by atoms with van der Waals surface area (Å²) >= 11 is 1.68. The van der Waals surface area contributed by atoms with Gasteiger partial charge in [0.15, 0.2) is 0 Å². The van der Waals surface area contributed by atoms with Crippen molar-refractivity contribution in [1.29, 1.82) is 0 Å². The van der Waals surface area contributed by atoms with Gasteiger partial charge in [-0.25, -0.2) is 4.98 Å². The van der Waals surface area contributed by atoms with Crippen molar-refractivity contribution >= 4 is 40.5 Å². The van der Waals surface area contributed by atoms with Crippen molar-refractivity contribution in [2.75, 3.05) is 0 Å². The first-order valence-corrected chi connectivity index (χ1v) is 10.8. The Bertz CT molecular complexity index is 1530. The molecule has 0 unspecified atom stereocenters. The molecule has 6 nitrogen and oxygen atoms in total. The number of allylic oxidation sites excluding steroid dienone is 2. The molecule has 0 amide bonds. The molecule has 154 valence electrons. The van der Waals surface area contributed by atoms with Crippen molar-refractivity contribution in [2.24, 2.45) is 7.05 Å². The highest BCUT2D eigenvalue weighted by atomic mass is 32.1. The van der Waals surface area contributed by atoms with Crippen LogP contribution in [0.4, 0.5) is 0 Å². The van der Waals surface area contributed by atoms with Gasteiger partial charge in [0.05, 0.1) is 33.5 Å². The van der Waals surface area contributed by atoms with Crippen LogP contribution in [-0.4, -0.2) is 29.7 Å². The second-order valence-corrected chi connectivity index (χ2v) is 8.46. The molecule has 5 aromatic rings. The van der Waals surface area contributed by atoms with Crippen LogP contribution in [0.3, 0.4) is 0 Å².